The zero-order valence-electron chi connectivity index (χ0n) is 15.1. The highest BCUT2D eigenvalue weighted by molar-refractivity contribution is 5.82. The van der Waals surface area contributed by atoms with Crippen LogP contribution in [0.25, 0.3) is 11.1 Å². The number of nitro groups is 1. The molecule has 1 aliphatic carbocycles. The number of rotatable bonds is 7. The lowest BCUT2D eigenvalue weighted by atomic mass is 9.99. The van der Waals surface area contributed by atoms with E-state index in [0.717, 1.165) is 19.3 Å². The molecule has 1 saturated carbocycles. The largest absolute Gasteiger partial charge is 0.494 e. The second-order valence-corrected chi connectivity index (χ2v) is 6.61. The summed E-state index contributed by atoms with van der Waals surface area (Å²) in [4.78, 5) is 15.5. The summed E-state index contributed by atoms with van der Waals surface area (Å²) in [6.07, 6.45) is 4.64. The predicted molar refractivity (Wildman–Crippen MR) is 98.0 cm³/mol. The Bertz CT molecular complexity index is 837. The number of hydrogen-bond acceptors (Lipinski definition) is 5. The summed E-state index contributed by atoms with van der Waals surface area (Å²) in [5.74, 6) is 0.325. The molecule has 1 aromatic carbocycles. The maximum absolute atomic E-state index is 14.2. The Kier molecular flexibility index (Phi) is 5.06. The first-order chi connectivity index (χ1) is 12.5. The van der Waals surface area contributed by atoms with Crippen LogP contribution >= 0.6 is 0 Å². The van der Waals surface area contributed by atoms with Gasteiger partial charge in [-0.2, -0.15) is 0 Å². The van der Waals surface area contributed by atoms with Crippen molar-refractivity contribution in [2.75, 3.05) is 12.4 Å². The second-order valence-electron chi connectivity index (χ2n) is 6.61. The number of nitrogens with one attached hydrogen (secondary N) is 1. The van der Waals surface area contributed by atoms with Gasteiger partial charge in [-0.3, -0.25) is 10.1 Å². The van der Waals surface area contributed by atoms with Gasteiger partial charge in [0.05, 0.1) is 17.6 Å². The SMILES string of the molecule is CC[C@@H](Nc1nccc(-c2cc(F)c(OC)cc2C)c1[N+](=O)[O-])C1CC1. The molecule has 1 atom stereocenters. The molecule has 1 aliphatic rings. The molecule has 0 amide bonds. The van der Waals surface area contributed by atoms with Crippen LogP contribution < -0.4 is 10.1 Å². The van der Waals surface area contributed by atoms with Gasteiger partial charge in [0, 0.05) is 12.2 Å². The quantitative estimate of drug-likeness (QED) is 0.572. The lowest BCUT2D eigenvalue weighted by molar-refractivity contribution is -0.383. The van der Waals surface area contributed by atoms with Gasteiger partial charge >= 0.3 is 5.69 Å². The Morgan fingerprint density at radius 3 is 2.73 bits per heavy atom. The molecule has 1 heterocycles. The number of pyridine rings is 1. The lowest BCUT2D eigenvalue weighted by Crippen LogP contribution is -2.22. The monoisotopic (exact) mass is 359 g/mol. The van der Waals surface area contributed by atoms with Crippen molar-refractivity contribution in [3.63, 3.8) is 0 Å². The van der Waals surface area contributed by atoms with Crippen LogP contribution in [0.5, 0.6) is 5.75 Å². The van der Waals surface area contributed by atoms with Crippen LogP contribution in [0.2, 0.25) is 0 Å². The number of aromatic nitrogens is 1. The highest BCUT2D eigenvalue weighted by Gasteiger charge is 2.32. The van der Waals surface area contributed by atoms with Gasteiger partial charge < -0.3 is 10.1 Å². The van der Waals surface area contributed by atoms with Crippen molar-refractivity contribution >= 4 is 11.5 Å². The fraction of sp³-hybridized carbons (Fsp3) is 0.421. The van der Waals surface area contributed by atoms with Crippen LogP contribution in [-0.2, 0) is 0 Å². The van der Waals surface area contributed by atoms with Crippen molar-refractivity contribution in [2.45, 2.75) is 39.2 Å². The number of hydrogen-bond donors (Lipinski definition) is 1. The minimum atomic E-state index is -0.557. The third kappa shape index (κ3) is 3.47. The minimum Gasteiger partial charge on any atom is -0.494 e. The van der Waals surface area contributed by atoms with Crippen molar-refractivity contribution in [3.8, 4) is 16.9 Å². The van der Waals surface area contributed by atoms with Gasteiger partial charge in [0.1, 0.15) is 0 Å². The summed E-state index contributed by atoms with van der Waals surface area (Å²) >= 11 is 0. The summed E-state index contributed by atoms with van der Waals surface area (Å²) in [7, 11) is 1.39. The van der Waals surface area contributed by atoms with Gasteiger partial charge in [-0.05, 0) is 61.4 Å². The smallest absolute Gasteiger partial charge is 0.319 e. The Balaban J connectivity index is 2.09. The summed E-state index contributed by atoms with van der Waals surface area (Å²) < 4.78 is 19.2. The van der Waals surface area contributed by atoms with Gasteiger partial charge in [0.25, 0.3) is 0 Å². The van der Waals surface area contributed by atoms with Gasteiger partial charge in [-0.1, -0.05) is 6.92 Å². The van der Waals surface area contributed by atoms with E-state index >= 15 is 0 Å². The first-order valence-corrected chi connectivity index (χ1v) is 8.70. The van der Waals surface area contributed by atoms with E-state index in [0.29, 0.717) is 22.6 Å². The summed E-state index contributed by atoms with van der Waals surface area (Å²) in [5, 5.41) is 15.0. The third-order valence-corrected chi connectivity index (χ3v) is 4.85. The lowest BCUT2D eigenvalue weighted by Gasteiger charge is -2.18. The Morgan fingerprint density at radius 1 is 1.42 bits per heavy atom. The molecule has 1 aromatic heterocycles. The molecule has 0 radical (unpaired) electrons. The standard InChI is InChI=1S/C19H22FN3O3/c1-4-16(12-5-6-12)22-19-18(23(24)25)13(7-8-21-19)14-10-15(20)17(26-3)9-11(14)2/h7-10,12,16H,4-6H2,1-3H3,(H,21,22)/t16-/m1/s1. The normalized spacial score (nSPS) is 14.8. The third-order valence-electron chi connectivity index (χ3n) is 4.85. The Morgan fingerprint density at radius 2 is 2.15 bits per heavy atom. The van der Waals surface area contributed by atoms with E-state index in [4.69, 9.17) is 4.74 Å². The molecule has 0 spiro atoms. The summed E-state index contributed by atoms with van der Waals surface area (Å²) in [6.45, 7) is 3.82. The Labute approximate surface area is 151 Å². The van der Waals surface area contributed by atoms with Crippen molar-refractivity contribution in [1.29, 1.82) is 0 Å². The van der Waals surface area contributed by atoms with Crippen LogP contribution in [0.1, 0.15) is 31.7 Å². The molecule has 1 fully saturated rings. The molecular formula is C19H22FN3O3. The number of anilines is 1. The molecule has 1 N–H and O–H groups in total. The fourth-order valence-electron chi connectivity index (χ4n) is 3.29. The van der Waals surface area contributed by atoms with E-state index < -0.39 is 10.7 Å². The van der Waals surface area contributed by atoms with E-state index in [1.807, 2.05) is 0 Å². The molecule has 3 rings (SSSR count). The van der Waals surface area contributed by atoms with Crippen molar-refractivity contribution in [2.24, 2.45) is 5.92 Å². The van der Waals surface area contributed by atoms with Crippen LogP contribution in [0.3, 0.4) is 0 Å². The first-order valence-electron chi connectivity index (χ1n) is 8.70. The van der Waals surface area contributed by atoms with E-state index in [2.05, 4.69) is 17.2 Å². The average Bonchev–Trinajstić information content (AvgIpc) is 3.45. The number of halogens is 1. The molecule has 0 bridgehead atoms. The fourth-order valence-corrected chi connectivity index (χ4v) is 3.29. The van der Waals surface area contributed by atoms with Crippen LogP contribution in [0.15, 0.2) is 24.4 Å². The van der Waals surface area contributed by atoms with E-state index in [1.54, 1.807) is 19.1 Å². The minimum absolute atomic E-state index is 0.112. The van der Waals surface area contributed by atoms with Gasteiger partial charge in [-0.25, -0.2) is 9.37 Å². The molecule has 0 saturated heterocycles. The van der Waals surface area contributed by atoms with Gasteiger partial charge in [-0.15, -0.1) is 0 Å². The molecule has 7 heteroatoms. The number of ether oxygens (including phenoxy) is 1. The maximum Gasteiger partial charge on any atom is 0.319 e. The number of benzene rings is 1. The van der Waals surface area contributed by atoms with Crippen molar-refractivity contribution < 1.29 is 14.1 Å². The Hall–Kier alpha value is -2.70. The topological polar surface area (TPSA) is 77.3 Å². The zero-order valence-corrected chi connectivity index (χ0v) is 15.1. The van der Waals surface area contributed by atoms with Gasteiger partial charge in [0.2, 0.25) is 5.82 Å². The van der Waals surface area contributed by atoms with Crippen LogP contribution in [-0.4, -0.2) is 23.1 Å². The molecule has 6 nitrogen and oxygen atoms in total. The average molecular weight is 359 g/mol. The molecule has 0 aliphatic heterocycles. The highest BCUT2D eigenvalue weighted by Crippen LogP contribution is 2.41. The van der Waals surface area contributed by atoms with Gasteiger partial charge in [0.15, 0.2) is 11.6 Å². The molecule has 0 unspecified atom stereocenters. The van der Waals surface area contributed by atoms with E-state index in [9.17, 15) is 14.5 Å². The number of methoxy groups -OCH3 is 1. The summed E-state index contributed by atoms with van der Waals surface area (Å²) in [6, 6.07) is 4.53. The second kappa shape index (κ2) is 7.27. The first kappa shape index (κ1) is 18.1. The number of nitrogens with zero attached hydrogens (tertiary/aromatic N) is 2. The molecule has 138 valence electrons. The molecule has 2 aromatic rings. The van der Waals surface area contributed by atoms with Crippen molar-refractivity contribution in [1.82, 2.24) is 4.98 Å². The molecule has 26 heavy (non-hydrogen) atoms. The summed E-state index contributed by atoms with van der Waals surface area (Å²) in [5.41, 5.74) is 1.37. The highest BCUT2D eigenvalue weighted by atomic mass is 19.1. The van der Waals surface area contributed by atoms with Crippen LogP contribution in [0, 0.1) is 28.8 Å². The molecular weight excluding hydrogens is 337 g/mol. The van der Waals surface area contributed by atoms with Crippen molar-refractivity contribution in [3.05, 3.63) is 45.9 Å². The van der Waals surface area contributed by atoms with Crippen LogP contribution in [0.4, 0.5) is 15.9 Å². The predicted octanol–water partition coefficient (Wildman–Crippen LogP) is 4.71. The van der Waals surface area contributed by atoms with E-state index in [1.165, 1.54) is 19.4 Å². The van der Waals surface area contributed by atoms with E-state index in [-0.39, 0.29) is 23.3 Å². The number of aryl methyl sites for hydroxylation is 1. The maximum atomic E-state index is 14.2. The zero-order chi connectivity index (χ0) is 18.8.